The van der Waals surface area contributed by atoms with E-state index in [-0.39, 0.29) is 11.5 Å². The number of nitrogens with zero attached hydrogens (tertiary/aromatic N) is 1. The maximum absolute atomic E-state index is 13.5. The topological polar surface area (TPSA) is 31.4 Å². The van der Waals surface area contributed by atoms with Crippen molar-refractivity contribution in [3.8, 4) is 11.5 Å². The molecule has 0 fully saturated rings. The summed E-state index contributed by atoms with van der Waals surface area (Å²) in [6, 6.07) is 6.34. The van der Waals surface area contributed by atoms with E-state index in [4.69, 9.17) is 9.31 Å². The smallest absolute Gasteiger partial charge is 0.518 e. The summed E-state index contributed by atoms with van der Waals surface area (Å²) in [6.07, 6.45) is 0. The summed E-state index contributed by atoms with van der Waals surface area (Å²) in [5, 5.41) is 0. The van der Waals surface area contributed by atoms with Crippen LogP contribution in [-0.2, 0) is 0 Å². The fourth-order valence-corrected chi connectivity index (χ4v) is 1.67. The molecule has 8 heteroatoms. The van der Waals surface area contributed by atoms with Crippen molar-refractivity contribution < 1.29 is 26.9 Å². The number of hydrogen-bond donors (Lipinski definition) is 0. The molecule has 0 atom stereocenters. The molecule has 0 unspecified atom stereocenters. The van der Waals surface area contributed by atoms with Crippen LogP contribution in [-0.4, -0.2) is 12.1 Å². The van der Waals surface area contributed by atoms with Crippen molar-refractivity contribution in [2.24, 2.45) is 0 Å². The Bertz CT molecular complexity index is 642. The van der Waals surface area contributed by atoms with Crippen LogP contribution in [0.2, 0.25) is 0 Å². The van der Waals surface area contributed by atoms with Gasteiger partial charge in [-0.15, -0.1) is 0 Å². The molecule has 0 saturated heterocycles. The van der Waals surface area contributed by atoms with Crippen LogP contribution in [0.4, 0.5) is 17.6 Å². The Morgan fingerprint density at radius 3 is 2.00 bits per heavy atom. The lowest BCUT2D eigenvalue weighted by atomic mass is 9.84. The zero-order valence-corrected chi connectivity index (χ0v) is 9.16. The van der Waals surface area contributed by atoms with Gasteiger partial charge in [0.15, 0.2) is 5.82 Å². The number of benzene rings is 1. The fourth-order valence-electron chi connectivity index (χ4n) is 1.67. The summed E-state index contributed by atoms with van der Waals surface area (Å²) in [6.45, 7) is 0. The maximum Gasteiger partial charge on any atom is 0.655 e. The van der Waals surface area contributed by atoms with Gasteiger partial charge in [-0.05, 0) is 12.1 Å². The molecular formula is C11H4BF4NO2. The van der Waals surface area contributed by atoms with Crippen LogP contribution in [0, 0.1) is 23.4 Å². The van der Waals surface area contributed by atoms with Gasteiger partial charge in [0.1, 0.15) is 17.1 Å². The maximum atomic E-state index is 13.5. The normalized spacial score (nSPS) is 12.9. The highest BCUT2D eigenvalue weighted by Gasteiger charge is 2.40. The van der Waals surface area contributed by atoms with E-state index in [1.807, 2.05) is 0 Å². The number of rotatable bonds is 1. The minimum absolute atomic E-state index is 0.277. The molecule has 1 aromatic carbocycles. The SMILES string of the molecule is Fc1nc(B2Oc3ccccc3O2)c(F)c(F)c1F. The van der Waals surface area contributed by atoms with Gasteiger partial charge in [-0.3, -0.25) is 0 Å². The number of aromatic nitrogens is 1. The molecule has 3 rings (SSSR count). The molecule has 0 N–H and O–H groups in total. The lowest BCUT2D eigenvalue weighted by Crippen LogP contribution is -2.44. The second-order valence-electron chi connectivity index (χ2n) is 3.74. The van der Waals surface area contributed by atoms with Gasteiger partial charge >= 0.3 is 7.12 Å². The Morgan fingerprint density at radius 2 is 1.42 bits per heavy atom. The molecule has 0 radical (unpaired) electrons. The first-order valence-electron chi connectivity index (χ1n) is 5.20. The van der Waals surface area contributed by atoms with Gasteiger partial charge in [0, 0.05) is 0 Å². The molecule has 1 aliphatic heterocycles. The van der Waals surface area contributed by atoms with E-state index in [9.17, 15) is 17.6 Å². The van der Waals surface area contributed by atoms with Crippen LogP contribution in [0.3, 0.4) is 0 Å². The number of halogens is 4. The molecule has 2 heterocycles. The first-order chi connectivity index (χ1) is 9.08. The van der Waals surface area contributed by atoms with Gasteiger partial charge in [0.25, 0.3) is 5.95 Å². The van der Waals surface area contributed by atoms with Crippen molar-refractivity contribution in [2.45, 2.75) is 0 Å². The van der Waals surface area contributed by atoms with E-state index < -0.39 is 36.1 Å². The predicted molar refractivity (Wildman–Crippen MR) is 57.2 cm³/mol. The van der Waals surface area contributed by atoms with Crippen LogP contribution in [0.25, 0.3) is 0 Å². The first-order valence-corrected chi connectivity index (χ1v) is 5.20. The standard InChI is InChI=1S/C11H4BF4NO2/c13-7-8(14)10(17-11(16)9(7)15)12-18-5-3-1-2-4-6(5)19-12/h1-4H. The van der Waals surface area contributed by atoms with Crippen LogP contribution < -0.4 is 14.9 Å². The molecule has 0 saturated carbocycles. The Balaban J connectivity index is 2.02. The number of hydrogen-bond acceptors (Lipinski definition) is 3. The summed E-state index contributed by atoms with van der Waals surface area (Å²) in [7, 11) is -1.46. The Kier molecular flexibility index (Phi) is 2.58. The van der Waals surface area contributed by atoms with E-state index in [1.165, 1.54) is 12.1 Å². The largest absolute Gasteiger partial charge is 0.655 e. The van der Waals surface area contributed by atoms with Gasteiger partial charge in [-0.25, -0.2) is 13.8 Å². The Labute approximate surface area is 104 Å². The van der Waals surface area contributed by atoms with Gasteiger partial charge in [0.05, 0.1) is 0 Å². The van der Waals surface area contributed by atoms with E-state index in [2.05, 4.69) is 4.98 Å². The molecule has 0 amide bonds. The van der Waals surface area contributed by atoms with Crippen LogP contribution >= 0.6 is 0 Å². The molecule has 0 bridgehead atoms. The molecular weight excluding hydrogens is 265 g/mol. The number of pyridine rings is 1. The zero-order valence-electron chi connectivity index (χ0n) is 9.16. The average molecular weight is 269 g/mol. The van der Waals surface area contributed by atoms with Gasteiger partial charge in [-0.2, -0.15) is 8.78 Å². The lowest BCUT2D eigenvalue weighted by molar-refractivity contribution is 0.392. The highest BCUT2D eigenvalue weighted by molar-refractivity contribution is 6.62. The van der Waals surface area contributed by atoms with Crippen molar-refractivity contribution in [1.29, 1.82) is 0 Å². The molecule has 2 aromatic rings. The summed E-state index contributed by atoms with van der Waals surface area (Å²) in [5.41, 5.74) is -0.785. The van der Waals surface area contributed by atoms with E-state index in [0.717, 1.165) is 0 Å². The third-order valence-corrected chi connectivity index (χ3v) is 2.55. The van der Waals surface area contributed by atoms with Crippen LogP contribution in [0.1, 0.15) is 0 Å². The highest BCUT2D eigenvalue weighted by Crippen LogP contribution is 2.32. The molecule has 1 aliphatic rings. The van der Waals surface area contributed by atoms with Crippen LogP contribution in [0.5, 0.6) is 11.5 Å². The van der Waals surface area contributed by atoms with Crippen molar-refractivity contribution in [1.82, 2.24) is 4.98 Å². The van der Waals surface area contributed by atoms with E-state index in [0.29, 0.717) is 0 Å². The Hall–Kier alpha value is -2.25. The van der Waals surface area contributed by atoms with Gasteiger partial charge in [-0.1, -0.05) is 12.1 Å². The number of fused-ring (bicyclic) bond motifs is 1. The molecule has 19 heavy (non-hydrogen) atoms. The van der Waals surface area contributed by atoms with E-state index >= 15 is 0 Å². The monoisotopic (exact) mass is 269 g/mol. The second kappa shape index (κ2) is 4.15. The molecule has 96 valence electrons. The first kappa shape index (κ1) is 11.8. The number of para-hydroxylation sites is 2. The summed E-state index contributed by atoms with van der Waals surface area (Å²) in [4.78, 5) is 2.99. The van der Waals surface area contributed by atoms with Crippen molar-refractivity contribution in [3.63, 3.8) is 0 Å². The minimum atomic E-state index is -1.98. The summed E-state index contributed by atoms with van der Waals surface area (Å²) in [5.74, 6) is -6.77. The summed E-state index contributed by atoms with van der Waals surface area (Å²) >= 11 is 0. The van der Waals surface area contributed by atoms with Crippen molar-refractivity contribution in [3.05, 3.63) is 47.7 Å². The Morgan fingerprint density at radius 1 is 0.842 bits per heavy atom. The van der Waals surface area contributed by atoms with E-state index in [1.54, 1.807) is 12.1 Å². The minimum Gasteiger partial charge on any atom is -0.518 e. The third kappa shape index (κ3) is 1.79. The van der Waals surface area contributed by atoms with Gasteiger partial charge < -0.3 is 9.31 Å². The highest BCUT2D eigenvalue weighted by atomic mass is 19.2. The average Bonchev–Trinajstić information content (AvgIpc) is 2.84. The zero-order chi connectivity index (χ0) is 13.6. The van der Waals surface area contributed by atoms with Crippen molar-refractivity contribution in [2.75, 3.05) is 0 Å². The van der Waals surface area contributed by atoms with Crippen molar-refractivity contribution >= 4 is 12.7 Å². The molecule has 0 spiro atoms. The predicted octanol–water partition coefficient (Wildman–Crippen LogP) is 1.80. The fraction of sp³-hybridized carbons (Fsp3) is 0. The summed E-state index contributed by atoms with van der Waals surface area (Å²) < 4.78 is 62.7. The van der Waals surface area contributed by atoms with Gasteiger partial charge in [0.2, 0.25) is 11.6 Å². The second-order valence-corrected chi connectivity index (χ2v) is 3.74. The van der Waals surface area contributed by atoms with Crippen LogP contribution in [0.15, 0.2) is 24.3 Å². The lowest BCUT2D eigenvalue weighted by Gasteiger charge is -2.06. The molecule has 0 aliphatic carbocycles. The molecule has 3 nitrogen and oxygen atoms in total. The third-order valence-electron chi connectivity index (χ3n) is 2.55. The quantitative estimate of drug-likeness (QED) is 0.449. The molecule has 1 aromatic heterocycles.